The van der Waals surface area contributed by atoms with E-state index in [-0.39, 0.29) is 46.3 Å². The number of rotatable bonds is 0. The van der Waals surface area contributed by atoms with E-state index >= 15 is 0 Å². The Morgan fingerprint density at radius 1 is 1.00 bits per heavy atom. The van der Waals surface area contributed by atoms with Crippen LogP contribution in [0.1, 0.15) is 0 Å². The van der Waals surface area contributed by atoms with Gasteiger partial charge in [0.05, 0.1) is 0 Å². The molecule has 33 valence electrons. The van der Waals surface area contributed by atoms with Gasteiger partial charge in [-0.2, -0.15) is 10.5 Å². The van der Waals surface area contributed by atoms with Crippen molar-refractivity contribution in [3.63, 3.8) is 0 Å². The predicted molar refractivity (Wildman–Crippen MR) is 17.0 cm³/mol. The van der Waals surface area contributed by atoms with Crippen LogP contribution in [0.3, 0.4) is 0 Å². The first-order valence-corrected chi connectivity index (χ1v) is 0.697. The van der Waals surface area contributed by atoms with Crippen molar-refractivity contribution < 1.29 is 22.4 Å². The molecule has 4 heteroatoms. The predicted octanol–water partition coefficient (Wildman–Crippen LogP) is -0.350. The van der Waals surface area contributed by atoms with Crippen molar-refractivity contribution in [2.45, 2.75) is 0 Å². The molecular weight excluding hydrogens is 368 g/mol. The molecule has 0 bridgehead atoms. The Balaban J connectivity index is -0.0000000450. The van der Waals surface area contributed by atoms with E-state index < -0.39 is 0 Å². The van der Waals surface area contributed by atoms with Gasteiger partial charge in [-0.15, -0.1) is 0 Å². The molecule has 0 aromatic heterocycles. The quantitative estimate of drug-likeness (QED) is 0.550. The SMILES string of the molecule is N#CC#N.[Au].[Sn]. The van der Waals surface area contributed by atoms with E-state index in [2.05, 4.69) is 0 Å². The van der Waals surface area contributed by atoms with E-state index in [0.717, 1.165) is 0 Å². The van der Waals surface area contributed by atoms with Crippen molar-refractivity contribution >= 4 is 23.9 Å². The van der Waals surface area contributed by atoms with Crippen LogP contribution in [0.2, 0.25) is 0 Å². The summed E-state index contributed by atoms with van der Waals surface area (Å²) in [6.07, 6.45) is 0. The van der Waals surface area contributed by atoms with Gasteiger partial charge in [0.15, 0.2) is 12.1 Å². The van der Waals surface area contributed by atoms with Crippen molar-refractivity contribution in [3.8, 4) is 12.1 Å². The summed E-state index contributed by atoms with van der Waals surface area (Å²) in [5.74, 6) is 0. The maximum Gasteiger partial charge on any atom is 0.181 e. The average Bonchev–Trinajstić information content (AvgIpc) is 1.37. The Kier molecular flexibility index (Phi) is 47.5. The molecule has 0 aliphatic rings. The number of nitriles is 2. The Morgan fingerprint density at radius 2 is 1.17 bits per heavy atom. The average molecular weight is 368 g/mol. The molecule has 0 aromatic rings. The third kappa shape index (κ3) is 24.3. The summed E-state index contributed by atoms with van der Waals surface area (Å²) < 4.78 is 0. The maximum absolute atomic E-state index is 7.26. The molecule has 0 saturated carbocycles. The summed E-state index contributed by atoms with van der Waals surface area (Å²) in [6.45, 7) is 0. The fourth-order valence-corrected chi connectivity index (χ4v) is 0. The Hall–Kier alpha value is 0.519. The Morgan fingerprint density at radius 3 is 1.17 bits per heavy atom. The van der Waals surface area contributed by atoms with Crippen molar-refractivity contribution in [1.82, 2.24) is 0 Å². The zero-order valence-electron chi connectivity index (χ0n) is 2.70. The fourth-order valence-electron chi connectivity index (χ4n) is 0. The first-order chi connectivity index (χ1) is 1.91. The fraction of sp³-hybridized carbons (Fsp3) is 0. The molecule has 6 heavy (non-hydrogen) atoms. The van der Waals surface area contributed by atoms with E-state index in [1.807, 2.05) is 0 Å². The second-order valence-corrected chi connectivity index (χ2v) is 0.224. The summed E-state index contributed by atoms with van der Waals surface area (Å²) in [5.41, 5.74) is 0. The van der Waals surface area contributed by atoms with Gasteiger partial charge in [-0.3, -0.25) is 0 Å². The van der Waals surface area contributed by atoms with Crippen LogP contribution in [0.15, 0.2) is 0 Å². The number of hydrogen-bond acceptors (Lipinski definition) is 2. The molecule has 0 atom stereocenters. The summed E-state index contributed by atoms with van der Waals surface area (Å²) in [5, 5.41) is 14.5. The molecule has 5 radical (unpaired) electrons. The normalized spacial score (nSPS) is 1.67. The standard InChI is InChI=1S/C2N2.Au.Sn/c3-1-2-4;;. The van der Waals surface area contributed by atoms with E-state index in [1.165, 1.54) is 12.1 Å². The molecule has 0 fully saturated rings. The van der Waals surface area contributed by atoms with Crippen LogP contribution >= 0.6 is 0 Å². The van der Waals surface area contributed by atoms with Crippen molar-refractivity contribution in [2.24, 2.45) is 0 Å². The third-order valence-electron chi connectivity index (χ3n) is 0.0500. The smallest absolute Gasteiger partial charge is 0.181 e. The van der Waals surface area contributed by atoms with Crippen LogP contribution in [0.25, 0.3) is 0 Å². The Labute approximate surface area is 68.6 Å². The molecule has 0 amide bonds. The monoisotopic (exact) mass is 369 g/mol. The first-order valence-electron chi connectivity index (χ1n) is 0.697. The summed E-state index contributed by atoms with van der Waals surface area (Å²) in [4.78, 5) is 0. The number of nitrogens with zero attached hydrogens (tertiary/aromatic N) is 2. The molecular formula is C2AuN2Sn. The van der Waals surface area contributed by atoms with E-state index in [1.54, 1.807) is 0 Å². The molecule has 0 aliphatic carbocycles. The van der Waals surface area contributed by atoms with Gasteiger partial charge >= 0.3 is 0 Å². The summed E-state index contributed by atoms with van der Waals surface area (Å²) >= 11 is 0. The minimum Gasteiger partial charge on any atom is -0.181 e. The Bertz CT molecular complexity index is 66.5. The maximum atomic E-state index is 7.26. The molecule has 0 aromatic carbocycles. The summed E-state index contributed by atoms with van der Waals surface area (Å²) in [7, 11) is 0. The van der Waals surface area contributed by atoms with Crippen molar-refractivity contribution in [3.05, 3.63) is 0 Å². The molecule has 0 heterocycles. The van der Waals surface area contributed by atoms with Crippen LogP contribution in [0.5, 0.6) is 0 Å². The van der Waals surface area contributed by atoms with Gasteiger partial charge in [-0.25, -0.2) is 0 Å². The van der Waals surface area contributed by atoms with Gasteiger partial charge in [0.2, 0.25) is 0 Å². The van der Waals surface area contributed by atoms with Gasteiger partial charge in [0, 0.05) is 46.3 Å². The molecule has 0 spiro atoms. The van der Waals surface area contributed by atoms with Crippen molar-refractivity contribution in [1.29, 1.82) is 10.5 Å². The summed E-state index contributed by atoms with van der Waals surface area (Å²) in [6, 6.07) is 2.47. The molecule has 0 unspecified atom stereocenters. The first kappa shape index (κ1) is 16.0. The van der Waals surface area contributed by atoms with Crippen LogP contribution < -0.4 is 0 Å². The zero-order valence-corrected chi connectivity index (χ0v) is 7.72. The number of hydrogen-bond donors (Lipinski definition) is 0. The van der Waals surface area contributed by atoms with Crippen LogP contribution in [0.4, 0.5) is 0 Å². The largest absolute Gasteiger partial charge is 0.181 e. The molecule has 0 N–H and O–H groups in total. The molecule has 0 aliphatic heterocycles. The van der Waals surface area contributed by atoms with Crippen LogP contribution in [-0.2, 0) is 22.4 Å². The molecule has 2 nitrogen and oxygen atoms in total. The van der Waals surface area contributed by atoms with Gasteiger partial charge < -0.3 is 0 Å². The minimum absolute atomic E-state index is 0. The second-order valence-electron chi connectivity index (χ2n) is 0.224. The zero-order chi connectivity index (χ0) is 3.41. The van der Waals surface area contributed by atoms with Crippen LogP contribution in [0, 0.1) is 22.7 Å². The second kappa shape index (κ2) is 17.8. The van der Waals surface area contributed by atoms with Gasteiger partial charge in [-0.1, -0.05) is 0 Å². The van der Waals surface area contributed by atoms with E-state index in [0.29, 0.717) is 0 Å². The molecule has 0 saturated heterocycles. The van der Waals surface area contributed by atoms with Crippen molar-refractivity contribution in [2.75, 3.05) is 0 Å². The van der Waals surface area contributed by atoms with Crippen LogP contribution in [-0.4, -0.2) is 23.9 Å². The molecule has 0 rings (SSSR count). The van der Waals surface area contributed by atoms with E-state index in [4.69, 9.17) is 10.5 Å². The third-order valence-corrected chi connectivity index (χ3v) is 0.0500. The van der Waals surface area contributed by atoms with Gasteiger partial charge in [0.25, 0.3) is 0 Å². The van der Waals surface area contributed by atoms with E-state index in [9.17, 15) is 0 Å². The van der Waals surface area contributed by atoms with Gasteiger partial charge in [-0.05, 0) is 0 Å². The minimum atomic E-state index is 0. The topological polar surface area (TPSA) is 47.6 Å². The van der Waals surface area contributed by atoms with Gasteiger partial charge in [0.1, 0.15) is 0 Å².